The van der Waals surface area contributed by atoms with Crippen LogP contribution in [0.4, 0.5) is 4.39 Å². The lowest BCUT2D eigenvalue weighted by Gasteiger charge is -2.36. The van der Waals surface area contributed by atoms with Crippen LogP contribution in [0.2, 0.25) is 0 Å². The molecule has 1 unspecified atom stereocenters. The number of fused-ring (bicyclic) bond motifs is 1. The van der Waals surface area contributed by atoms with E-state index >= 15 is 0 Å². The van der Waals surface area contributed by atoms with E-state index in [2.05, 4.69) is 10.1 Å². The Bertz CT molecular complexity index is 1560. The summed E-state index contributed by atoms with van der Waals surface area (Å²) in [5.74, 6) is -5.40. The van der Waals surface area contributed by atoms with Gasteiger partial charge in [0, 0.05) is 29.2 Å². The number of nitrogens with one attached hydrogen (secondary N) is 1. The minimum atomic E-state index is -3.93. The van der Waals surface area contributed by atoms with E-state index in [4.69, 9.17) is 0 Å². The molecule has 1 aliphatic rings. The molecule has 3 aromatic rings. The smallest absolute Gasteiger partial charge is 0.331 e. The van der Waals surface area contributed by atoms with Crippen LogP contribution in [0.15, 0.2) is 65.5 Å². The van der Waals surface area contributed by atoms with Crippen molar-refractivity contribution < 1.29 is 38.0 Å². The van der Waals surface area contributed by atoms with Crippen molar-refractivity contribution in [2.75, 3.05) is 6.26 Å². The Labute approximate surface area is 217 Å². The predicted octanol–water partition coefficient (Wildman–Crippen LogP) is 0.983. The number of benzene rings is 1. The largest absolute Gasteiger partial charge is 0.361 e. The number of hydrogen-bond acceptors (Lipinski definition) is 9. The number of hydrogen-bond donors (Lipinski definition) is 5. The zero-order valence-electron chi connectivity index (χ0n) is 20.3. The zero-order chi connectivity index (χ0) is 27.9. The SMILES string of the molecule is CCC1=Cc2c(cnn2-c2ccc(F)cc2)C(C(=O)NC(O)(c2ccnc(S(C)(=O)=O)c2)C(O)(O)O)=CC1. The number of allylic oxidation sites excluding steroid dienone is 2. The van der Waals surface area contributed by atoms with Gasteiger partial charge in [0.25, 0.3) is 5.91 Å². The Morgan fingerprint density at radius 2 is 1.84 bits per heavy atom. The fourth-order valence-corrected chi connectivity index (χ4v) is 4.56. The quantitative estimate of drug-likeness (QED) is 0.272. The van der Waals surface area contributed by atoms with Crippen molar-refractivity contribution in [3.63, 3.8) is 0 Å². The van der Waals surface area contributed by atoms with Gasteiger partial charge in [0.1, 0.15) is 5.82 Å². The van der Waals surface area contributed by atoms with Gasteiger partial charge in [-0.25, -0.2) is 22.5 Å². The highest BCUT2D eigenvalue weighted by Crippen LogP contribution is 2.33. The molecule has 4 rings (SSSR count). The number of nitrogens with zero attached hydrogens (tertiary/aromatic N) is 3. The molecule has 0 saturated carbocycles. The second-order valence-electron chi connectivity index (χ2n) is 8.76. The molecule has 0 radical (unpaired) electrons. The van der Waals surface area contributed by atoms with Gasteiger partial charge in [0.2, 0.25) is 5.72 Å². The normalized spacial score (nSPS) is 15.6. The topological polar surface area (TPSA) is 175 Å². The van der Waals surface area contributed by atoms with Gasteiger partial charge in [0.05, 0.1) is 17.6 Å². The predicted molar refractivity (Wildman–Crippen MR) is 133 cm³/mol. The van der Waals surface area contributed by atoms with Crippen LogP contribution in [0.1, 0.15) is 36.6 Å². The summed E-state index contributed by atoms with van der Waals surface area (Å²) in [6, 6.07) is 7.34. The lowest BCUT2D eigenvalue weighted by molar-refractivity contribution is -0.402. The van der Waals surface area contributed by atoms with Crippen molar-refractivity contribution in [1.82, 2.24) is 20.1 Å². The van der Waals surface area contributed by atoms with Crippen LogP contribution in [0.5, 0.6) is 0 Å². The number of halogens is 1. The fraction of sp³-hybridized carbons (Fsp3) is 0.240. The van der Waals surface area contributed by atoms with Gasteiger partial charge in [-0.05, 0) is 55.3 Å². The van der Waals surface area contributed by atoms with E-state index in [9.17, 15) is 38.0 Å². The van der Waals surface area contributed by atoms with E-state index in [1.54, 1.807) is 6.08 Å². The molecule has 38 heavy (non-hydrogen) atoms. The molecule has 11 nitrogen and oxygen atoms in total. The molecule has 1 aliphatic carbocycles. The van der Waals surface area contributed by atoms with Crippen LogP contribution in [-0.2, 0) is 20.4 Å². The first-order valence-electron chi connectivity index (χ1n) is 11.4. The number of carbonyl (C=O) groups excluding carboxylic acids is 1. The highest BCUT2D eigenvalue weighted by atomic mass is 32.2. The number of aromatic nitrogens is 3. The minimum Gasteiger partial charge on any atom is -0.361 e. The molecule has 2 aromatic heterocycles. The van der Waals surface area contributed by atoms with E-state index in [-0.39, 0.29) is 5.57 Å². The van der Waals surface area contributed by atoms with Crippen LogP contribution in [-0.4, -0.2) is 61.7 Å². The summed E-state index contributed by atoms with van der Waals surface area (Å²) in [5.41, 5.74) is -1.63. The van der Waals surface area contributed by atoms with Gasteiger partial charge in [-0.2, -0.15) is 5.10 Å². The second kappa shape index (κ2) is 9.85. The third kappa shape index (κ3) is 5.14. The molecule has 0 saturated heterocycles. The maximum Gasteiger partial charge on any atom is 0.331 e. The van der Waals surface area contributed by atoms with Gasteiger partial charge in [-0.15, -0.1) is 0 Å². The first-order chi connectivity index (χ1) is 17.7. The molecule has 2 heterocycles. The molecular weight excluding hydrogens is 519 g/mol. The zero-order valence-corrected chi connectivity index (χ0v) is 21.1. The van der Waals surface area contributed by atoms with Crippen molar-refractivity contribution >= 4 is 27.4 Å². The van der Waals surface area contributed by atoms with Crippen molar-refractivity contribution in [1.29, 1.82) is 0 Å². The summed E-state index contributed by atoms with van der Waals surface area (Å²) >= 11 is 0. The van der Waals surface area contributed by atoms with Crippen LogP contribution >= 0.6 is 0 Å². The van der Waals surface area contributed by atoms with Crippen LogP contribution in [0, 0.1) is 5.82 Å². The van der Waals surface area contributed by atoms with E-state index in [1.807, 2.05) is 18.3 Å². The summed E-state index contributed by atoms with van der Waals surface area (Å²) in [6.07, 6.45) is 7.52. The van der Waals surface area contributed by atoms with Gasteiger partial charge >= 0.3 is 5.97 Å². The van der Waals surface area contributed by atoms with Crippen molar-refractivity contribution in [2.45, 2.75) is 36.5 Å². The maximum atomic E-state index is 13.5. The monoisotopic (exact) mass is 544 g/mol. The summed E-state index contributed by atoms with van der Waals surface area (Å²) in [5, 5.41) is 47.1. The fourth-order valence-electron chi connectivity index (χ4n) is 3.97. The third-order valence-electron chi connectivity index (χ3n) is 6.09. The molecular formula is C25H25FN4O7S. The Hall–Kier alpha value is -3.75. The Morgan fingerprint density at radius 3 is 2.45 bits per heavy atom. The lowest BCUT2D eigenvalue weighted by atomic mass is 9.99. The average molecular weight is 545 g/mol. The number of carbonyl (C=O) groups is 1. The van der Waals surface area contributed by atoms with E-state index in [0.717, 1.165) is 30.2 Å². The van der Waals surface area contributed by atoms with Gasteiger partial charge in [-0.1, -0.05) is 18.6 Å². The molecule has 0 spiro atoms. The molecule has 1 amide bonds. The molecule has 200 valence electrons. The van der Waals surface area contributed by atoms with Crippen molar-refractivity contribution in [3.05, 3.63) is 83.1 Å². The second-order valence-corrected chi connectivity index (χ2v) is 10.7. The number of sulfone groups is 1. The number of amides is 1. The number of aliphatic hydroxyl groups is 4. The summed E-state index contributed by atoms with van der Waals surface area (Å²) < 4.78 is 38.9. The molecule has 0 bridgehead atoms. The van der Waals surface area contributed by atoms with Crippen molar-refractivity contribution in [3.8, 4) is 5.69 Å². The van der Waals surface area contributed by atoms with Crippen LogP contribution in [0.25, 0.3) is 17.3 Å². The minimum absolute atomic E-state index is 0.0203. The van der Waals surface area contributed by atoms with Crippen LogP contribution < -0.4 is 5.32 Å². The molecule has 1 aromatic carbocycles. The van der Waals surface area contributed by atoms with Gasteiger partial charge in [-0.3, -0.25) is 4.79 Å². The van der Waals surface area contributed by atoms with Crippen LogP contribution in [0.3, 0.4) is 0 Å². The van der Waals surface area contributed by atoms with Crippen molar-refractivity contribution in [2.24, 2.45) is 0 Å². The number of rotatable bonds is 7. The Kier molecular flexibility index (Phi) is 7.07. The maximum absolute atomic E-state index is 13.5. The summed E-state index contributed by atoms with van der Waals surface area (Å²) in [4.78, 5) is 17.2. The van der Waals surface area contributed by atoms with Gasteiger partial charge in [0.15, 0.2) is 14.9 Å². The summed E-state index contributed by atoms with van der Waals surface area (Å²) in [6.45, 7) is 1.92. The highest BCUT2D eigenvalue weighted by molar-refractivity contribution is 7.90. The molecule has 1 atom stereocenters. The van der Waals surface area contributed by atoms with E-state index in [0.29, 0.717) is 29.8 Å². The van der Waals surface area contributed by atoms with Gasteiger partial charge < -0.3 is 25.7 Å². The molecule has 5 N–H and O–H groups in total. The Morgan fingerprint density at radius 1 is 1.16 bits per heavy atom. The molecule has 0 aliphatic heterocycles. The average Bonchev–Trinajstić information content (AvgIpc) is 3.16. The lowest BCUT2D eigenvalue weighted by Crippen LogP contribution is -2.62. The summed E-state index contributed by atoms with van der Waals surface area (Å²) in [7, 11) is -3.89. The standard InChI is InChI=1S/C25H25FN4O7S/c1-3-15-4-9-19(20-14-28-30(21(20)12-15)18-7-5-17(26)6-8-18)23(31)29-24(32,25(33,34)35)16-10-11-27-22(13-16)38(2,36)37/h5-14,32-35H,3-4H2,1-2H3,(H,29,31). The van der Waals surface area contributed by atoms with E-state index < -0.39 is 43.8 Å². The first kappa shape index (κ1) is 27.3. The van der Waals surface area contributed by atoms with E-state index in [1.165, 1.54) is 35.1 Å². The molecule has 13 heteroatoms. The Balaban J connectivity index is 1.79. The number of pyridine rings is 1. The molecule has 0 fully saturated rings. The third-order valence-corrected chi connectivity index (χ3v) is 7.07. The highest BCUT2D eigenvalue weighted by Gasteiger charge is 2.51. The first-order valence-corrected chi connectivity index (χ1v) is 13.3.